The quantitative estimate of drug-likeness (QED) is 0.496. The van der Waals surface area contributed by atoms with Crippen LogP contribution in [0, 0.1) is 0 Å². The topological polar surface area (TPSA) is 88.4 Å². The number of fused-ring (bicyclic) bond motifs is 2. The summed E-state index contributed by atoms with van der Waals surface area (Å²) >= 11 is 13.2. The summed E-state index contributed by atoms with van der Waals surface area (Å²) in [4.78, 5) is 28.7. The van der Waals surface area contributed by atoms with Gasteiger partial charge in [-0.3, -0.25) is 9.59 Å². The van der Waals surface area contributed by atoms with Crippen LogP contribution in [-0.2, 0) is 20.9 Å². The zero-order valence-electron chi connectivity index (χ0n) is 16.2. The molecule has 2 aromatic carbocycles. The SMILES string of the molecule is COC(=O)CCn1c(=NC(=O)COc2ccc(Cl)cc2Cl)sc2cc3c(cc21)OCO3. The Morgan fingerprint density at radius 1 is 1.19 bits per heavy atom. The monoisotopic (exact) mass is 482 g/mol. The molecule has 3 aromatic rings. The summed E-state index contributed by atoms with van der Waals surface area (Å²) in [5.74, 6) is 0.661. The van der Waals surface area contributed by atoms with Gasteiger partial charge in [-0.15, -0.1) is 0 Å². The summed E-state index contributed by atoms with van der Waals surface area (Å²) < 4.78 is 23.7. The highest BCUT2D eigenvalue weighted by molar-refractivity contribution is 7.16. The number of halogens is 2. The zero-order valence-corrected chi connectivity index (χ0v) is 18.6. The number of rotatable bonds is 6. The smallest absolute Gasteiger partial charge is 0.307 e. The summed E-state index contributed by atoms with van der Waals surface area (Å²) in [7, 11) is 1.32. The lowest BCUT2D eigenvalue weighted by Crippen LogP contribution is -2.21. The van der Waals surface area contributed by atoms with Gasteiger partial charge in [0.15, 0.2) is 22.9 Å². The maximum absolute atomic E-state index is 12.5. The van der Waals surface area contributed by atoms with Crippen LogP contribution in [0.2, 0.25) is 10.0 Å². The van der Waals surface area contributed by atoms with Gasteiger partial charge in [0, 0.05) is 23.7 Å². The first-order chi connectivity index (χ1) is 14.9. The molecule has 1 aliphatic rings. The van der Waals surface area contributed by atoms with Crippen LogP contribution in [0.25, 0.3) is 10.2 Å². The molecule has 0 atom stereocenters. The van der Waals surface area contributed by atoms with Crippen molar-refractivity contribution in [1.29, 1.82) is 0 Å². The number of ether oxygens (including phenoxy) is 4. The number of nitrogens with zero attached hydrogens (tertiary/aromatic N) is 2. The molecule has 2 heterocycles. The molecule has 0 spiro atoms. The lowest BCUT2D eigenvalue weighted by Gasteiger charge is -2.06. The minimum absolute atomic E-state index is 0.120. The molecule has 0 bridgehead atoms. The Morgan fingerprint density at radius 2 is 1.97 bits per heavy atom. The van der Waals surface area contributed by atoms with E-state index in [1.54, 1.807) is 22.8 Å². The summed E-state index contributed by atoms with van der Waals surface area (Å²) in [5, 5.41) is 0.759. The summed E-state index contributed by atoms with van der Waals surface area (Å²) in [6.07, 6.45) is 0.120. The normalized spacial score (nSPS) is 12.9. The highest BCUT2D eigenvalue weighted by Crippen LogP contribution is 2.37. The molecule has 0 fully saturated rings. The van der Waals surface area contributed by atoms with Crippen LogP contribution in [0.15, 0.2) is 35.3 Å². The molecular formula is C20H16Cl2N2O6S. The first-order valence-corrected chi connectivity index (χ1v) is 10.7. The first-order valence-electron chi connectivity index (χ1n) is 9.10. The van der Waals surface area contributed by atoms with E-state index in [9.17, 15) is 9.59 Å². The Bertz CT molecular complexity index is 1240. The van der Waals surface area contributed by atoms with E-state index >= 15 is 0 Å². The molecule has 0 unspecified atom stereocenters. The second kappa shape index (κ2) is 9.17. The molecule has 11 heteroatoms. The van der Waals surface area contributed by atoms with Crippen LogP contribution < -0.4 is 19.0 Å². The summed E-state index contributed by atoms with van der Waals surface area (Å²) in [5.41, 5.74) is 0.770. The standard InChI is InChI=1S/C20H16Cl2N2O6S/c1-27-19(26)4-5-24-13-7-15-16(30-10-29-15)8-17(13)31-20(24)23-18(25)9-28-14-3-2-11(21)6-12(14)22/h2-3,6-8H,4-5,9-10H2,1H3. The molecule has 0 saturated carbocycles. The molecule has 1 aromatic heterocycles. The summed E-state index contributed by atoms with van der Waals surface area (Å²) in [6, 6.07) is 8.34. The van der Waals surface area contributed by atoms with Gasteiger partial charge in [-0.25, -0.2) is 0 Å². The number of thiazole rings is 1. The van der Waals surface area contributed by atoms with Gasteiger partial charge in [-0.05, 0) is 18.2 Å². The zero-order chi connectivity index (χ0) is 22.0. The fraction of sp³-hybridized carbons (Fsp3) is 0.250. The summed E-state index contributed by atoms with van der Waals surface area (Å²) in [6.45, 7) is 0.118. The lowest BCUT2D eigenvalue weighted by atomic mass is 10.3. The van der Waals surface area contributed by atoms with Crippen LogP contribution in [-0.4, -0.2) is 37.0 Å². The van der Waals surface area contributed by atoms with Crippen molar-refractivity contribution < 1.29 is 28.5 Å². The second-order valence-corrected chi connectivity index (χ2v) is 8.26. The maximum Gasteiger partial charge on any atom is 0.307 e. The Hall–Kier alpha value is -2.75. The number of carbonyl (C=O) groups is 2. The van der Waals surface area contributed by atoms with Crippen molar-refractivity contribution >= 4 is 56.6 Å². The highest BCUT2D eigenvalue weighted by Gasteiger charge is 2.18. The van der Waals surface area contributed by atoms with Gasteiger partial charge in [0.25, 0.3) is 5.91 Å². The first kappa shape index (κ1) is 21.5. The number of aromatic nitrogens is 1. The number of amides is 1. The number of hydrogen-bond donors (Lipinski definition) is 0. The molecule has 31 heavy (non-hydrogen) atoms. The number of methoxy groups -OCH3 is 1. The fourth-order valence-corrected chi connectivity index (χ4v) is 4.48. The van der Waals surface area contributed by atoms with E-state index in [0.29, 0.717) is 32.1 Å². The molecule has 0 aliphatic carbocycles. The van der Waals surface area contributed by atoms with Gasteiger partial charge in [0.05, 0.1) is 28.8 Å². The van der Waals surface area contributed by atoms with Crippen molar-refractivity contribution in [1.82, 2.24) is 4.57 Å². The largest absolute Gasteiger partial charge is 0.482 e. The number of esters is 1. The van der Waals surface area contributed by atoms with E-state index in [0.717, 1.165) is 10.2 Å². The molecule has 162 valence electrons. The molecule has 8 nitrogen and oxygen atoms in total. The van der Waals surface area contributed by atoms with E-state index in [4.69, 9.17) is 42.1 Å². The van der Waals surface area contributed by atoms with Crippen LogP contribution >= 0.6 is 34.5 Å². The molecular weight excluding hydrogens is 467 g/mol. The molecule has 1 amide bonds. The molecule has 0 N–H and O–H groups in total. The Labute approximate surface area is 190 Å². The predicted octanol–water partition coefficient (Wildman–Crippen LogP) is 3.81. The molecule has 0 saturated heterocycles. The third-order valence-corrected chi connectivity index (χ3v) is 5.98. The van der Waals surface area contributed by atoms with Crippen molar-refractivity contribution in [3.63, 3.8) is 0 Å². The Morgan fingerprint density at radius 3 is 2.71 bits per heavy atom. The number of aryl methyl sites for hydroxylation is 1. The number of hydrogen-bond acceptors (Lipinski definition) is 7. The van der Waals surface area contributed by atoms with Crippen LogP contribution in [0.4, 0.5) is 0 Å². The molecule has 0 radical (unpaired) electrons. The van der Waals surface area contributed by atoms with Crippen molar-refractivity contribution in [2.45, 2.75) is 13.0 Å². The van der Waals surface area contributed by atoms with E-state index in [1.165, 1.54) is 24.5 Å². The van der Waals surface area contributed by atoms with Crippen molar-refractivity contribution in [2.75, 3.05) is 20.5 Å². The number of carbonyl (C=O) groups excluding carboxylic acids is 2. The average molecular weight is 483 g/mol. The van der Waals surface area contributed by atoms with Crippen molar-refractivity contribution in [3.05, 3.63) is 45.2 Å². The number of benzene rings is 2. The van der Waals surface area contributed by atoms with Gasteiger partial charge in [0.2, 0.25) is 6.79 Å². The lowest BCUT2D eigenvalue weighted by molar-refractivity contribution is -0.140. The van der Waals surface area contributed by atoms with Gasteiger partial charge < -0.3 is 23.5 Å². The third kappa shape index (κ3) is 4.79. The van der Waals surface area contributed by atoms with Gasteiger partial charge in [0.1, 0.15) is 5.75 Å². The molecule has 1 aliphatic heterocycles. The highest BCUT2D eigenvalue weighted by atomic mass is 35.5. The van der Waals surface area contributed by atoms with E-state index < -0.39 is 5.91 Å². The van der Waals surface area contributed by atoms with Gasteiger partial charge >= 0.3 is 5.97 Å². The van der Waals surface area contributed by atoms with Gasteiger partial charge in [-0.2, -0.15) is 4.99 Å². The van der Waals surface area contributed by atoms with Crippen molar-refractivity contribution in [2.24, 2.45) is 4.99 Å². The Kier molecular flexibility index (Phi) is 6.35. The van der Waals surface area contributed by atoms with Crippen LogP contribution in [0.1, 0.15) is 6.42 Å². The van der Waals surface area contributed by atoms with E-state index in [-0.39, 0.29) is 32.3 Å². The minimum atomic E-state index is -0.510. The fourth-order valence-electron chi connectivity index (χ4n) is 2.94. The third-order valence-electron chi connectivity index (χ3n) is 4.41. The average Bonchev–Trinajstić information content (AvgIpc) is 3.32. The van der Waals surface area contributed by atoms with Crippen LogP contribution in [0.3, 0.4) is 0 Å². The Balaban J connectivity index is 1.63. The van der Waals surface area contributed by atoms with Gasteiger partial charge in [-0.1, -0.05) is 34.5 Å². The van der Waals surface area contributed by atoms with E-state index in [1.807, 2.05) is 6.07 Å². The second-order valence-electron chi connectivity index (χ2n) is 6.40. The predicted molar refractivity (Wildman–Crippen MR) is 115 cm³/mol. The maximum atomic E-state index is 12.5. The van der Waals surface area contributed by atoms with E-state index in [2.05, 4.69) is 4.99 Å². The molecule has 4 rings (SSSR count). The van der Waals surface area contributed by atoms with Crippen molar-refractivity contribution in [3.8, 4) is 17.2 Å². The van der Waals surface area contributed by atoms with Crippen LogP contribution in [0.5, 0.6) is 17.2 Å². The minimum Gasteiger partial charge on any atom is -0.482 e.